The van der Waals surface area contributed by atoms with E-state index in [9.17, 15) is 4.79 Å². The van der Waals surface area contributed by atoms with Crippen LogP contribution < -0.4 is 0 Å². The first kappa shape index (κ1) is 20.2. The monoisotopic (exact) mass is 448 g/mol. The summed E-state index contributed by atoms with van der Waals surface area (Å²) in [4.78, 5) is 17.0. The molecule has 1 N–H and O–H groups in total. The second-order valence-corrected chi connectivity index (χ2v) is 8.26. The molecule has 150 valence electrons. The average Bonchev–Trinajstić information content (AvgIpc) is 3.21. The van der Waals surface area contributed by atoms with Gasteiger partial charge in [0.2, 0.25) is 0 Å². The van der Waals surface area contributed by atoms with E-state index in [4.69, 9.17) is 34.8 Å². The molecule has 1 fully saturated rings. The highest BCUT2D eigenvalue weighted by atomic mass is 35.5. The van der Waals surface area contributed by atoms with Crippen molar-refractivity contribution in [1.82, 2.24) is 20.0 Å². The third-order valence-corrected chi connectivity index (χ3v) is 5.86. The Hall–Kier alpha value is -2.05. The normalized spacial score (nSPS) is 14.9. The highest BCUT2D eigenvalue weighted by Gasteiger charge is 2.24. The van der Waals surface area contributed by atoms with Crippen LogP contribution in [-0.2, 0) is 6.54 Å². The lowest BCUT2D eigenvalue weighted by molar-refractivity contribution is 0.0622. The van der Waals surface area contributed by atoms with E-state index < -0.39 is 0 Å². The molecule has 0 aliphatic carbocycles. The molecule has 5 nitrogen and oxygen atoms in total. The third kappa shape index (κ3) is 4.75. The van der Waals surface area contributed by atoms with Gasteiger partial charge in [-0.3, -0.25) is 14.8 Å². The van der Waals surface area contributed by atoms with Crippen LogP contribution in [0, 0.1) is 0 Å². The minimum absolute atomic E-state index is 0.0399. The van der Waals surface area contributed by atoms with Gasteiger partial charge in [0, 0.05) is 53.4 Å². The van der Waals surface area contributed by atoms with E-state index in [1.54, 1.807) is 24.3 Å². The van der Waals surface area contributed by atoms with Gasteiger partial charge in [0.25, 0.3) is 5.91 Å². The van der Waals surface area contributed by atoms with E-state index >= 15 is 0 Å². The standard InChI is InChI=1S/C21H19Cl3N4O/c22-16-4-1-14(2-5-16)19-12-20(26-25-19)21(29)28-9-7-27(8-10-28)13-15-3-6-17(23)11-18(15)24/h1-6,11-12H,7-10,13H2,(H,25,26). The molecule has 29 heavy (non-hydrogen) atoms. The summed E-state index contributed by atoms with van der Waals surface area (Å²) >= 11 is 18.2. The van der Waals surface area contributed by atoms with Gasteiger partial charge in [0.1, 0.15) is 5.69 Å². The molecule has 1 aliphatic rings. The summed E-state index contributed by atoms with van der Waals surface area (Å²) < 4.78 is 0. The molecule has 0 atom stereocenters. The molecule has 0 saturated carbocycles. The number of H-pyrrole nitrogens is 1. The fraction of sp³-hybridized carbons (Fsp3) is 0.238. The number of amides is 1. The molecule has 4 rings (SSSR count). The maximum absolute atomic E-state index is 12.8. The molecular weight excluding hydrogens is 431 g/mol. The second kappa shape index (κ2) is 8.76. The molecule has 0 radical (unpaired) electrons. The van der Waals surface area contributed by atoms with Crippen molar-refractivity contribution in [3.63, 3.8) is 0 Å². The lowest BCUT2D eigenvalue weighted by atomic mass is 10.1. The molecule has 2 aromatic carbocycles. The maximum Gasteiger partial charge on any atom is 0.271 e. The van der Waals surface area contributed by atoms with Gasteiger partial charge in [-0.15, -0.1) is 0 Å². The van der Waals surface area contributed by atoms with E-state index in [0.29, 0.717) is 33.9 Å². The average molecular weight is 450 g/mol. The van der Waals surface area contributed by atoms with Crippen LogP contribution in [0.2, 0.25) is 15.1 Å². The zero-order chi connectivity index (χ0) is 20.4. The molecule has 0 spiro atoms. The Morgan fingerprint density at radius 2 is 1.62 bits per heavy atom. The van der Waals surface area contributed by atoms with E-state index in [0.717, 1.165) is 36.5 Å². The summed E-state index contributed by atoms with van der Waals surface area (Å²) in [7, 11) is 0. The molecule has 1 saturated heterocycles. The van der Waals surface area contributed by atoms with Crippen LogP contribution in [-0.4, -0.2) is 52.1 Å². The molecule has 0 unspecified atom stereocenters. The molecule has 8 heteroatoms. The maximum atomic E-state index is 12.8. The molecule has 0 bridgehead atoms. The number of carbonyl (C=O) groups excluding carboxylic acids is 1. The van der Waals surface area contributed by atoms with Crippen molar-refractivity contribution >= 4 is 40.7 Å². The smallest absolute Gasteiger partial charge is 0.271 e. The Morgan fingerprint density at radius 1 is 0.931 bits per heavy atom. The van der Waals surface area contributed by atoms with Gasteiger partial charge in [-0.05, 0) is 35.9 Å². The summed E-state index contributed by atoms with van der Waals surface area (Å²) in [5.74, 6) is -0.0399. The number of halogens is 3. The van der Waals surface area contributed by atoms with Gasteiger partial charge in [0.15, 0.2) is 0 Å². The Bertz CT molecular complexity index is 1010. The summed E-state index contributed by atoms with van der Waals surface area (Å²) in [6, 6.07) is 14.7. The zero-order valence-corrected chi connectivity index (χ0v) is 17.8. The van der Waals surface area contributed by atoms with E-state index in [-0.39, 0.29) is 5.91 Å². The van der Waals surface area contributed by atoms with Gasteiger partial charge in [0.05, 0.1) is 5.69 Å². The Morgan fingerprint density at radius 3 is 2.31 bits per heavy atom. The number of piperazine rings is 1. The molecule has 1 amide bonds. The minimum atomic E-state index is -0.0399. The van der Waals surface area contributed by atoms with Crippen molar-refractivity contribution in [2.75, 3.05) is 26.2 Å². The fourth-order valence-electron chi connectivity index (χ4n) is 3.37. The number of hydrogen-bond acceptors (Lipinski definition) is 3. The van der Waals surface area contributed by atoms with Crippen molar-refractivity contribution in [3.8, 4) is 11.3 Å². The first-order chi connectivity index (χ1) is 14.0. The second-order valence-electron chi connectivity index (χ2n) is 6.98. The lowest BCUT2D eigenvalue weighted by Crippen LogP contribution is -2.48. The molecule has 1 aliphatic heterocycles. The Balaban J connectivity index is 1.36. The summed E-state index contributed by atoms with van der Waals surface area (Å²) in [6.45, 7) is 3.60. The number of hydrogen-bond donors (Lipinski definition) is 1. The molecule has 1 aromatic heterocycles. The van der Waals surface area contributed by atoms with Gasteiger partial charge in [-0.2, -0.15) is 5.10 Å². The van der Waals surface area contributed by atoms with E-state index in [1.165, 1.54) is 0 Å². The summed E-state index contributed by atoms with van der Waals surface area (Å²) in [5, 5.41) is 9.10. The highest BCUT2D eigenvalue weighted by molar-refractivity contribution is 6.35. The quantitative estimate of drug-likeness (QED) is 0.610. The van der Waals surface area contributed by atoms with Crippen molar-refractivity contribution < 1.29 is 4.79 Å². The van der Waals surface area contributed by atoms with Gasteiger partial charge in [-0.1, -0.05) is 53.0 Å². The van der Waals surface area contributed by atoms with Crippen molar-refractivity contribution in [2.45, 2.75) is 6.54 Å². The molecule has 2 heterocycles. The summed E-state index contributed by atoms with van der Waals surface area (Å²) in [6.07, 6.45) is 0. The van der Waals surface area contributed by atoms with Crippen LogP contribution in [0.4, 0.5) is 0 Å². The van der Waals surface area contributed by atoms with Crippen molar-refractivity contribution in [2.24, 2.45) is 0 Å². The first-order valence-corrected chi connectivity index (χ1v) is 10.4. The number of aromatic nitrogens is 2. The SMILES string of the molecule is O=C(c1cc(-c2ccc(Cl)cc2)n[nH]1)N1CCN(Cc2ccc(Cl)cc2Cl)CC1. The van der Waals surface area contributed by atoms with Gasteiger partial charge >= 0.3 is 0 Å². The van der Waals surface area contributed by atoms with Crippen LogP contribution in [0.3, 0.4) is 0 Å². The van der Waals surface area contributed by atoms with Crippen LogP contribution in [0.1, 0.15) is 16.1 Å². The number of nitrogens with zero attached hydrogens (tertiary/aromatic N) is 3. The van der Waals surface area contributed by atoms with E-state index in [2.05, 4.69) is 15.1 Å². The van der Waals surface area contributed by atoms with Crippen molar-refractivity contribution in [3.05, 3.63) is 74.9 Å². The molecule has 3 aromatic rings. The number of carbonyl (C=O) groups is 1. The zero-order valence-electron chi connectivity index (χ0n) is 15.5. The largest absolute Gasteiger partial charge is 0.335 e. The van der Waals surface area contributed by atoms with Crippen LogP contribution in [0.15, 0.2) is 48.5 Å². The Labute approximate surface area is 184 Å². The fourth-order valence-corrected chi connectivity index (χ4v) is 3.96. The number of nitrogens with one attached hydrogen (secondary N) is 1. The number of rotatable bonds is 4. The number of benzene rings is 2. The van der Waals surface area contributed by atoms with Crippen LogP contribution >= 0.6 is 34.8 Å². The highest BCUT2D eigenvalue weighted by Crippen LogP contribution is 2.23. The first-order valence-electron chi connectivity index (χ1n) is 9.26. The summed E-state index contributed by atoms with van der Waals surface area (Å²) in [5.41, 5.74) is 3.16. The minimum Gasteiger partial charge on any atom is -0.335 e. The van der Waals surface area contributed by atoms with Crippen molar-refractivity contribution in [1.29, 1.82) is 0 Å². The lowest BCUT2D eigenvalue weighted by Gasteiger charge is -2.34. The Kier molecular flexibility index (Phi) is 6.11. The third-order valence-electron chi connectivity index (χ3n) is 5.02. The van der Waals surface area contributed by atoms with Crippen LogP contribution in [0.25, 0.3) is 11.3 Å². The predicted octanol–water partition coefficient (Wildman–Crippen LogP) is 4.99. The van der Waals surface area contributed by atoms with Crippen LogP contribution in [0.5, 0.6) is 0 Å². The number of aromatic amines is 1. The predicted molar refractivity (Wildman–Crippen MR) is 117 cm³/mol. The van der Waals surface area contributed by atoms with Gasteiger partial charge < -0.3 is 4.90 Å². The molecular formula is C21H19Cl3N4O. The van der Waals surface area contributed by atoms with Gasteiger partial charge in [-0.25, -0.2) is 0 Å². The van der Waals surface area contributed by atoms with E-state index in [1.807, 2.05) is 29.2 Å². The topological polar surface area (TPSA) is 52.2 Å².